The van der Waals surface area contributed by atoms with Crippen molar-refractivity contribution in [3.05, 3.63) is 78.4 Å². The molecule has 25 heavy (non-hydrogen) atoms. The summed E-state index contributed by atoms with van der Waals surface area (Å²) in [7, 11) is 0. The molecule has 1 heteroatoms. The van der Waals surface area contributed by atoms with Crippen LogP contribution >= 0.6 is 0 Å². The van der Waals surface area contributed by atoms with Crippen LogP contribution in [0.3, 0.4) is 0 Å². The van der Waals surface area contributed by atoms with Crippen molar-refractivity contribution in [2.24, 2.45) is 0 Å². The van der Waals surface area contributed by atoms with Gasteiger partial charge in [0.1, 0.15) is 0 Å². The lowest BCUT2D eigenvalue weighted by Gasteiger charge is -2.08. The zero-order chi connectivity index (χ0) is 17.5. The quantitative estimate of drug-likeness (QED) is 0.377. The van der Waals surface area contributed by atoms with Crippen molar-refractivity contribution in [1.82, 2.24) is 0 Å². The second-order valence-corrected chi connectivity index (χ2v) is 6.71. The van der Waals surface area contributed by atoms with Crippen molar-refractivity contribution >= 4 is 5.69 Å². The molecule has 3 aromatic carbocycles. The molecule has 0 radical (unpaired) electrons. The molecule has 0 amide bonds. The Balaban J connectivity index is 1.73. The first-order valence-corrected chi connectivity index (χ1v) is 9.31. The van der Waals surface area contributed by atoms with E-state index in [1.165, 1.54) is 59.9 Å². The van der Waals surface area contributed by atoms with Crippen LogP contribution in [0.2, 0.25) is 0 Å². The summed E-state index contributed by atoms with van der Waals surface area (Å²) in [5.41, 5.74) is 13.0. The van der Waals surface area contributed by atoms with Gasteiger partial charge in [0, 0.05) is 5.69 Å². The van der Waals surface area contributed by atoms with Crippen LogP contribution in [0.1, 0.15) is 38.2 Å². The summed E-state index contributed by atoms with van der Waals surface area (Å²) >= 11 is 0. The Bertz CT molecular complexity index is 785. The van der Waals surface area contributed by atoms with Gasteiger partial charge in [-0.25, -0.2) is 0 Å². The Morgan fingerprint density at radius 1 is 0.640 bits per heavy atom. The Hall–Kier alpha value is -2.54. The minimum absolute atomic E-state index is 0.800. The van der Waals surface area contributed by atoms with Crippen molar-refractivity contribution in [2.45, 2.75) is 39.0 Å². The Morgan fingerprint density at radius 2 is 1.24 bits per heavy atom. The lowest BCUT2D eigenvalue weighted by atomic mass is 9.97. The third-order valence-electron chi connectivity index (χ3n) is 4.71. The molecule has 0 saturated carbocycles. The summed E-state index contributed by atoms with van der Waals surface area (Å²) in [4.78, 5) is 0. The number of nitrogens with two attached hydrogens (primary N) is 1. The second kappa shape index (κ2) is 8.53. The van der Waals surface area contributed by atoms with Gasteiger partial charge in [0.15, 0.2) is 0 Å². The highest BCUT2D eigenvalue weighted by atomic mass is 14.5. The van der Waals surface area contributed by atoms with Gasteiger partial charge < -0.3 is 5.73 Å². The lowest BCUT2D eigenvalue weighted by Crippen LogP contribution is -1.87. The smallest absolute Gasteiger partial charge is 0.0314 e. The molecule has 0 atom stereocenters. The zero-order valence-corrected chi connectivity index (χ0v) is 15.0. The van der Waals surface area contributed by atoms with Crippen LogP contribution in [-0.4, -0.2) is 0 Å². The molecular weight excluding hydrogens is 302 g/mol. The highest BCUT2D eigenvalue weighted by Gasteiger charge is 2.02. The van der Waals surface area contributed by atoms with Crippen LogP contribution < -0.4 is 5.73 Å². The monoisotopic (exact) mass is 329 g/mol. The van der Waals surface area contributed by atoms with Gasteiger partial charge in [-0.3, -0.25) is 0 Å². The summed E-state index contributed by atoms with van der Waals surface area (Å²) in [6, 6.07) is 25.8. The summed E-state index contributed by atoms with van der Waals surface area (Å²) in [5, 5.41) is 0. The van der Waals surface area contributed by atoms with Gasteiger partial charge in [0.25, 0.3) is 0 Å². The average Bonchev–Trinajstić information content (AvgIpc) is 2.66. The standard InChI is InChI=1S/C24H27N/c1-2-3-4-5-7-19-10-12-20(13-11-19)22-8-6-9-23(18-22)21-14-16-24(25)17-15-21/h6,8-18H,2-5,7,25H2,1H3. The molecule has 3 rings (SSSR count). The topological polar surface area (TPSA) is 26.0 Å². The van der Waals surface area contributed by atoms with Gasteiger partial charge >= 0.3 is 0 Å². The molecule has 0 bridgehead atoms. The Kier molecular flexibility index (Phi) is 5.90. The molecule has 0 spiro atoms. The second-order valence-electron chi connectivity index (χ2n) is 6.71. The predicted octanol–water partition coefficient (Wildman–Crippen LogP) is 6.73. The Morgan fingerprint density at radius 3 is 1.84 bits per heavy atom. The first-order chi connectivity index (χ1) is 12.3. The number of hydrogen-bond acceptors (Lipinski definition) is 1. The number of benzene rings is 3. The van der Waals surface area contributed by atoms with Crippen LogP contribution in [0.25, 0.3) is 22.3 Å². The van der Waals surface area contributed by atoms with Gasteiger partial charge in [-0.1, -0.05) is 80.8 Å². The normalized spacial score (nSPS) is 10.8. The summed E-state index contributed by atoms with van der Waals surface area (Å²) in [6.45, 7) is 2.26. The molecule has 2 N–H and O–H groups in total. The van der Waals surface area contributed by atoms with Gasteiger partial charge in [-0.05, 0) is 58.9 Å². The van der Waals surface area contributed by atoms with E-state index in [1.54, 1.807) is 0 Å². The molecule has 0 aliphatic rings. The van der Waals surface area contributed by atoms with E-state index in [0.717, 1.165) is 5.69 Å². The maximum Gasteiger partial charge on any atom is 0.0314 e. The van der Waals surface area contributed by atoms with Gasteiger partial charge in [-0.15, -0.1) is 0 Å². The first-order valence-electron chi connectivity index (χ1n) is 9.31. The maximum atomic E-state index is 5.79. The molecule has 0 aliphatic carbocycles. The first kappa shape index (κ1) is 17.3. The van der Waals surface area contributed by atoms with E-state index in [4.69, 9.17) is 5.73 Å². The van der Waals surface area contributed by atoms with Crippen LogP contribution in [0.4, 0.5) is 5.69 Å². The highest BCUT2D eigenvalue weighted by molar-refractivity contribution is 5.73. The zero-order valence-electron chi connectivity index (χ0n) is 15.0. The molecule has 0 saturated heterocycles. The van der Waals surface area contributed by atoms with Gasteiger partial charge in [0.05, 0.1) is 0 Å². The van der Waals surface area contributed by atoms with Crippen LogP contribution in [0.5, 0.6) is 0 Å². The van der Waals surface area contributed by atoms with E-state index >= 15 is 0 Å². The number of nitrogen functional groups attached to an aromatic ring is 1. The molecule has 0 aliphatic heterocycles. The van der Waals surface area contributed by atoms with Crippen LogP contribution in [0.15, 0.2) is 72.8 Å². The summed E-state index contributed by atoms with van der Waals surface area (Å²) in [5.74, 6) is 0. The number of aryl methyl sites for hydroxylation is 1. The summed E-state index contributed by atoms with van der Waals surface area (Å²) < 4.78 is 0. The van der Waals surface area contributed by atoms with E-state index < -0.39 is 0 Å². The largest absolute Gasteiger partial charge is 0.399 e. The molecular formula is C24H27N. The SMILES string of the molecule is CCCCCCc1ccc(-c2cccc(-c3ccc(N)cc3)c2)cc1. The van der Waals surface area contributed by atoms with Crippen molar-refractivity contribution < 1.29 is 0 Å². The predicted molar refractivity (Wildman–Crippen MR) is 110 cm³/mol. The van der Waals surface area contributed by atoms with E-state index in [1.807, 2.05) is 12.1 Å². The third-order valence-corrected chi connectivity index (χ3v) is 4.71. The lowest BCUT2D eigenvalue weighted by molar-refractivity contribution is 0.667. The fourth-order valence-electron chi connectivity index (χ4n) is 3.17. The van der Waals surface area contributed by atoms with Crippen molar-refractivity contribution in [3.63, 3.8) is 0 Å². The molecule has 3 aromatic rings. The number of hydrogen-bond donors (Lipinski definition) is 1. The van der Waals surface area contributed by atoms with Crippen LogP contribution in [0, 0.1) is 0 Å². The molecule has 0 unspecified atom stereocenters. The molecule has 128 valence electrons. The molecule has 0 heterocycles. The molecule has 0 aromatic heterocycles. The minimum Gasteiger partial charge on any atom is -0.399 e. The van der Waals surface area contributed by atoms with E-state index in [-0.39, 0.29) is 0 Å². The molecule has 0 fully saturated rings. The van der Waals surface area contributed by atoms with Crippen molar-refractivity contribution in [1.29, 1.82) is 0 Å². The third kappa shape index (κ3) is 4.73. The fourth-order valence-corrected chi connectivity index (χ4v) is 3.17. The highest BCUT2D eigenvalue weighted by Crippen LogP contribution is 2.27. The maximum absolute atomic E-state index is 5.79. The number of unbranched alkanes of at least 4 members (excludes halogenated alkanes) is 3. The van der Waals surface area contributed by atoms with Gasteiger partial charge in [-0.2, -0.15) is 0 Å². The number of rotatable bonds is 7. The fraction of sp³-hybridized carbons (Fsp3) is 0.250. The van der Waals surface area contributed by atoms with E-state index in [2.05, 4.69) is 67.6 Å². The van der Waals surface area contributed by atoms with Gasteiger partial charge in [0.2, 0.25) is 0 Å². The number of anilines is 1. The minimum atomic E-state index is 0.800. The van der Waals surface area contributed by atoms with Crippen LogP contribution in [-0.2, 0) is 6.42 Å². The van der Waals surface area contributed by atoms with Crippen molar-refractivity contribution in [3.8, 4) is 22.3 Å². The summed E-state index contributed by atoms with van der Waals surface area (Å²) in [6.07, 6.45) is 6.45. The van der Waals surface area contributed by atoms with Crippen molar-refractivity contribution in [2.75, 3.05) is 5.73 Å². The Labute approximate surface area is 151 Å². The van der Waals surface area contributed by atoms with E-state index in [9.17, 15) is 0 Å². The van der Waals surface area contributed by atoms with E-state index in [0.29, 0.717) is 0 Å². The average molecular weight is 329 g/mol. The molecule has 1 nitrogen and oxygen atoms in total.